The highest BCUT2D eigenvalue weighted by molar-refractivity contribution is 9.10. The van der Waals surface area contributed by atoms with Crippen molar-refractivity contribution in [2.24, 2.45) is 0 Å². The second kappa shape index (κ2) is 6.55. The van der Waals surface area contributed by atoms with Crippen molar-refractivity contribution < 1.29 is 4.74 Å². The van der Waals surface area contributed by atoms with E-state index in [0.29, 0.717) is 32.4 Å². The zero-order valence-electron chi connectivity index (χ0n) is 9.39. The molecule has 0 aliphatic rings. The maximum absolute atomic E-state index is 6.10. The van der Waals surface area contributed by atoms with E-state index in [1.807, 2.05) is 12.1 Å². The zero-order chi connectivity index (χ0) is 14.0. The van der Waals surface area contributed by atoms with Crippen LogP contribution in [0, 0.1) is 0 Å². The van der Waals surface area contributed by atoms with Crippen LogP contribution in [-0.4, -0.2) is 0 Å². The Labute approximate surface area is 139 Å². The zero-order valence-corrected chi connectivity index (χ0v) is 14.0. The Morgan fingerprint density at radius 1 is 0.842 bits per heavy atom. The lowest BCUT2D eigenvalue weighted by molar-refractivity contribution is 0.306. The molecule has 0 aliphatic carbocycles. The van der Waals surface area contributed by atoms with Crippen molar-refractivity contribution in [3.63, 3.8) is 0 Å². The molecule has 6 heteroatoms. The van der Waals surface area contributed by atoms with Gasteiger partial charge < -0.3 is 4.74 Å². The summed E-state index contributed by atoms with van der Waals surface area (Å²) in [5.41, 5.74) is 0.854. The van der Waals surface area contributed by atoms with Crippen molar-refractivity contribution in [2.45, 2.75) is 6.61 Å². The molecule has 2 aromatic carbocycles. The summed E-state index contributed by atoms with van der Waals surface area (Å²) in [6.07, 6.45) is 0. The summed E-state index contributed by atoms with van der Waals surface area (Å²) >= 11 is 27.2. The first-order valence-electron chi connectivity index (χ1n) is 5.18. The molecule has 0 bridgehead atoms. The van der Waals surface area contributed by atoms with Gasteiger partial charge in [0.25, 0.3) is 0 Å². The molecule has 0 aromatic heterocycles. The van der Waals surface area contributed by atoms with Crippen LogP contribution in [-0.2, 0) is 6.61 Å². The second-order valence-corrected chi connectivity index (χ2v) is 6.27. The van der Waals surface area contributed by atoms with Crippen molar-refractivity contribution in [2.75, 3.05) is 0 Å². The normalized spacial score (nSPS) is 10.6. The van der Waals surface area contributed by atoms with Crippen LogP contribution in [0.4, 0.5) is 0 Å². The topological polar surface area (TPSA) is 9.23 Å². The van der Waals surface area contributed by atoms with Crippen LogP contribution in [0.1, 0.15) is 5.56 Å². The molecule has 0 unspecified atom stereocenters. The number of halogens is 5. The van der Waals surface area contributed by atoms with Gasteiger partial charge in [0.1, 0.15) is 12.4 Å². The standard InChI is InChI=1S/C13H7BrCl4O/c14-8-2-1-7(9(15)3-8)6-19-13-5-11(17)10(16)4-12(13)18/h1-5H,6H2. The van der Waals surface area contributed by atoms with Gasteiger partial charge >= 0.3 is 0 Å². The van der Waals surface area contributed by atoms with Crippen molar-refractivity contribution in [1.82, 2.24) is 0 Å². The molecule has 0 saturated carbocycles. The highest BCUT2D eigenvalue weighted by Gasteiger charge is 2.08. The van der Waals surface area contributed by atoms with Crippen LogP contribution in [0.5, 0.6) is 5.75 Å². The summed E-state index contributed by atoms with van der Waals surface area (Å²) in [7, 11) is 0. The molecule has 0 amide bonds. The highest BCUT2D eigenvalue weighted by atomic mass is 79.9. The molecule has 0 fully saturated rings. The summed E-state index contributed by atoms with van der Waals surface area (Å²) in [5.74, 6) is 0.468. The molecule has 100 valence electrons. The van der Waals surface area contributed by atoms with Gasteiger partial charge in [0.05, 0.1) is 15.1 Å². The Balaban J connectivity index is 2.16. The minimum absolute atomic E-state index is 0.295. The number of hydrogen-bond donors (Lipinski definition) is 0. The molecule has 0 aliphatic heterocycles. The molecule has 0 radical (unpaired) electrons. The monoisotopic (exact) mass is 398 g/mol. The van der Waals surface area contributed by atoms with Crippen LogP contribution in [0.25, 0.3) is 0 Å². The fourth-order valence-corrected chi connectivity index (χ4v) is 2.73. The molecule has 2 aromatic rings. The molecule has 0 heterocycles. The van der Waals surface area contributed by atoms with E-state index in [1.165, 1.54) is 0 Å². The Bertz CT molecular complexity index is 616. The van der Waals surface area contributed by atoms with E-state index in [0.717, 1.165) is 10.0 Å². The molecule has 19 heavy (non-hydrogen) atoms. The smallest absolute Gasteiger partial charge is 0.139 e. The van der Waals surface area contributed by atoms with E-state index >= 15 is 0 Å². The Morgan fingerprint density at radius 2 is 1.53 bits per heavy atom. The van der Waals surface area contributed by atoms with E-state index in [9.17, 15) is 0 Å². The fourth-order valence-electron chi connectivity index (χ4n) is 1.41. The molecule has 0 N–H and O–H groups in total. The molecule has 0 spiro atoms. The lowest BCUT2D eigenvalue weighted by Crippen LogP contribution is -1.97. The van der Waals surface area contributed by atoms with E-state index in [1.54, 1.807) is 18.2 Å². The van der Waals surface area contributed by atoms with Gasteiger partial charge in [-0.1, -0.05) is 68.4 Å². The first-order valence-corrected chi connectivity index (χ1v) is 7.49. The quantitative estimate of drug-likeness (QED) is 0.524. The second-order valence-electron chi connectivity index (χ2n) is 3.72. The molecule has 0 atom stereocenters. The third kappa shape index (κ3) is 3.93. The summed E-state index contributed by atoms with van der Waals surface area (Å²) in [6, 6.07) is 8.69. The van der Waals surface area contributed by atoms with Gasteiger partial charge in [-0.25, -0.2) is 0 Å². The van der Waals surface area contributed by atoms with Gasteiger partial charge in [-0.2, -0.15) is 0 Å². The largest absolute Gasteiger partial charge is 0.487 e. The third-order valence-corrected chi connectivity index (χ3v) is 4.24. The lowest BCUT2D eigenvalue weighted by Gasteiger charge is -2.10. The highest BCUT2D eigenvalue weighted by Crippen LogP contribution is 2.34. The molecule has 2 rings (SSSR count). The summed E-state index contributed by atoms with van der Waals surface area (Å²) in [4.78, 5) is 0. The van der Waals surface area contributed by atoms with Crippen molar-refractivity contribution in [3.05, 3.63) is 60.5 Å². The summed E-state index contributed by atoms with van der Waals surface area (Å²) in [5, 5.41) is 1.80. The first kappa shape index (κ1) is 15.3. The SMILES string of the molecule is Clc1cc(Cl)c(OCc2ccc(Br)cc2Cl)cc1Cl. The van der Waals surface area contributed by atoms with Crippen molar-refractivity contribution in [1.29, 1.82) is 0 Å². The summed E-state index contributed by atoms with van der Waals surface area (Å²) < 4.78 is 6.52. The first-order chi connectivity index (χ1) is 8.97. The maximum atomic E-state index is 6.10. The summed E-state index contributed by atoms with van der Waals surface area (Å²) in [6.45, 7) is 0.295. The predicted molar refractivity (Wildman–Crippen MR) is 85.0 cm³/mol. The number of benzene rings is 2. The molecule has 1 nitrogen and oxygen atoms in total. The van der Waals surface area contributed by atoms with Gasteiger partial charge in [0, 0.05) is 21.1 Å². The minimum Gasteiger partial charge on any atom is -0.487 e. The van der Waals surface area contributed by atoms with Gasteiger partial charge in [-0.05, 0) is 18.2 Å². The fraction of sp³-hybridized carbons (Fsp3) is 0.0769. The Morgan fingerprint density at radius 3 is 2.21 bits per heavy atom. The van der Waals surface area contributed by atoms with Crippen molar-refractivity contribution in [3.8, 4) is 5.75 Å². The van der Waals surface area contributed by atoms with Crippen LogP contribution in [0.15, 0.2) is 34.8 Å². The minimum atomic E-state index is 0.295. The lowest BCUT2D eigenvalue weighted by atomic mass is 10.2. The average molecular weight is 401 g/mol. The van der Waals surface area contributed by atoms with Gasteiger partial charge in [0.2, 0.25) is 0 Å². The van der Waals surface area contributed by atoms with Crippen LogP contribution in [0.2, 0.25) is 20.1 Å². The number of hydrogen-bond acceptors (Lipinski definition) is 1. The molecular weight excluding hydrogens is 394 g/mol. The predicted octanol–water partition coefficient (Wildman–Crippen LogP) is 6.64. The van der Waals surface area contributed by atoms with Gasteiger partial charge in [-0.15, -0.1) is 0 Å². The molecule has 0 saturated heterocycles. The third-order valence-electron chi connectivity index (χ3n) is 2.37. The molecular formula is C13H7BrCl4O. The van der Waals surface area contributed by atoms with E-state index < -0.39 is 0 Å². The van der Waals surface area contributed by atoms with E-state index in [4.69, 9.17) is 51.1 Å². The van der Waals surface area contributed by atoms with E-state index in [-0.39, 0.29) is 0 Å². The van der Waals surface area contributed by atoms with Gasteiger partial charge in [-0.3, -0.25) is 0 Å². The van der Waals surface area contributed by atoms with E-state index in [2.05, 4.69) is 15.9 Å². The van der Waals surface area contributed by atoms with Gasteiger partial charge in [0.15, 0.2) is 0 Å². The van der Waals surface area contributed by atoms with Crippen LogP contribution >= 0.6 is 62.3 Å². The number of rotatable bonds is 3. The van der Waals surface area contributed by atoms with Crippen LogP contribution < -0.4 is 4.74 Å². The Hall–Kier alpha value is -0.120. The van der Waals surface area contributed by atoms with Crippen LogP contribution in [0.3, 0.4) is 0 Å². The maximum Gasteiger partial charge on any atom is 0.139 e. The average Bonchev–Trinajstić information content (AvgIpc) is 2.34. The number of ether oxygens (including phenoxy) is 1. The van der Waals surface area contributed by atoms with Crippen molar-refractivity contribution >= 4 is 62.3 Å². The Kier molecular flexibility index (Phi) is 5.27.